The zero-order valence-corrected chi connectivity index (χ0v) is 17.9. The molecule has 7 nitrogen and oxygen atoms in total. The summed E-state index contributed by atoms with van der Waals surface area (Å²) in [5, 5.41) is 2.96. The van der Waals surface area contributed by atoms with E-state index >= 15 is 0 Å². The van der Waals surface area contributed by atoms with Gasteiger partial charge in [0.2, 0.25) is 0 Å². The molecule has 1 atom stereocenters. The second kappa shape index (κ2) is 10.2. The number of hydrogen-bond donors (Lipinski definition) is 1. The van der Waals surface area contributed by atoms with Crippen molar-refractivity contribution in [1.82, 2.24) is 14.7 Å². The molecule has 0 aromatic heterocycles. The predicted octanol–water partition coefficient (Wildman–Crippen LogP) is 1.82. The number of rotatable bonds is 6. The Morgan fingerprint density at radius 1 is 1.17 bits per heavy atom. The quantitative estimate of drug-likeness (QED) is 0.786. The Balaban J connectivity index is 1.61. The number of nitrogens with one attached hydrogen (secondary N) is 1. The molecule has 0 aliphatic carbocycles. The molecule has 0 spiro atoms. The number of unbranched alkanes of at least 4 members (excludes halogenated alkanes) is 1. The Bertz CT molecular complexity index is 716. The number of aryl methyl sites for hydroxylation is 1. The van der Waals surface area contributed by atoms with Crippen LogP contribution < -0.4 is 5.32 Å². The van der Waals surface area contributed by atoms with E-state index in [2.05, 4.69) is 22.0 Å². The van der Waals surface area contributed by atoms with E-state index in [1.807, 2.05) is 31.0 Å². The van der Waals surface area contributed by atoms with Gasteiger partial charge in [0.15, 0.2) is 0 Å². The van der Waals surface area contributed by atoms with E-state index in [0.717, 1.165) is 44.8 Å². The molecule has 2 heterocycles. The van der Waals surface area contributed by atoms with Gasteiger partial charge in [-0.25, -0.2) is 0 Å². The van der Waals surface area contributed by atoms with Crippen LogP contribution in [0.5, 0.6) is 0 Å². The van der Waals surface area contributed by atoms with Crippen LogP contribution >= 0.6 is 0 Å². The number of piperazine rings is 1. The minimum absolute atomic E-state index is 0.0318. The second-order valence-electron chi connectivity index (χ2n) is 8.13. The second-order valence-corrected chi connectivity index (χ2v) is 8.13. The highest BCUT2D eigenvalue weighted by Gasteiger charge is 2.26. The number of nitrogens with zero attached hydrogens (tertiary/aromatic N) is 3. The summed E-state index contributed by atoms with van der Waals surface area (Å²) in [4.78, 5) is 32.0. The number of carbonyl (C=O) groups excluding carboxylic acids is 2. The predicted molar refractivity (Wildman–Crippen MR) is 114 cm³/mol. The highest BCUT2D eigenvalue weighted by molar-refractivity contribution is 5.99. The summed E-state index contributed by atoms with van der Waals surface area (Å²) >= 11 is 0. The molecule has 0 radical (unpaired) electrons. The topological polar surface area (TPSA) is 65.1 Å². The molecule has 7 heteroatoms. The third-order valence-corrected chi connectivity index (χ3v) is 5.79. The summed E-state index contributed by atoms with van der Waals surface area (Å²) in [5.41, 5.74) is 2.23. The molecule has 2 aliphatic heterocycles. The van der Waals surface area contributed by atoms with E-state index in [1.54, 1.807) is 6.07 Å². The standard InChI is InChI=1S/C22H34N4O3/c1-4-5-8-25-9-11-26(12-10-25)22(28)18-7-6-17(2)19(15-18)23-21(27)20-16-24(3)13-14-29-20/h6-7,15,20H,4-5,8-14,16H2,1-3H3,(H,23,27). The molecule has 0 bridgehead atoms. The molecular weight excluding hydrogens is 368 g/mol. The van der Waals surface area contributed by atoms with Crippen LogP contribution in [0.3, 0.4) is 0 Å². The fourth-order valence-corrected chi connectivity index (χ4v) is 3.78. The zero-order valence-electron chi connectivity index (χ0n) is 17.9. The van der Waals surface area contributed by atoms with Crippen LogP contribution in [0.1, 0.15) is 35.7 Å². The van der Waals surface area contributed by atoms with Crippen LogP contribution in [0.25, 0.3) is 0 Å². The van der Waals surface area contributed by atoms with Crippen LogP contribution in [0, 0.1) is 6.92 Å². The van der Waals surface area contributed by atoms with Crippen molar-refractivity contribution in [3.05, 3.63) is 29.3 Å². The molecule has 1 aromatic carbocycles. The van der Waals surface area contributed by atoms with Gasteiger partial charge in [-0.15, -0.1) is 0 Å². The Labute approximate surface area is 174 Å². The number of ether oxygens (including phenoxy) is 1. The van der Waals surface area contributed by atoms with Gasteiger partial charge in [-0.3, -0.25) is 14.5 Å². The number of morpholine rings is 1. The van der Waals surface area contributed by atoms with Gasteiger partial charge in [-0.1, -0.05) is 19.4 Å². The van der Waals surface area contributed by atoms with Gasteiger partial charge in [0.1, 0.15) is 6.10 Å². The lowest BCUT2D eigenvalue weighted by atomic mass is 10.1. The first-order valence-corrected chi connectivity index (χ1v) is 10.7. The highest BCUT2D eigenvalue weighted by atomic mass is 16.5. The van der Waals surface area contributed by atoms with Crippen molar-refractivity contribution in [1.29, 1.82) is 0 Å². The maximum absolute atomic E-state index is 13.0. The van der Waals surface area contributed by atoms with E-state index in [4.69, 9.17) is 4.74 Å². The van der Waals surface area contributed by atoms with Crippen LogP contribution in [-0.2, 0) is 9.53 Å². The first-order valence-electron chi connectivity index (χ1n) is 10.7. The minimum Gasteiger partial charge on any atom is -0.366 e. The Morgan fingerprint density at radius 2 is 1.93 bits per heavy atom. The molecule has 160 valence electrons. The summed E-state index contributed by atoms with van der Waals surface area (Å²) in [6.07, 6.45) is 1.91. The van der Waals surface area contributed by atoms with Gasteiger partial charge in [-0.05, 0) is 44.6 Å². The maximum Gasteiger partial charge on any atom is 0.254 e. The molecular formula is C22H34N4O3. The van der Waals surface area contributed by atoms with Crippen molar-refractivity contribution in [2.45, 2.75) is 32.8 Å². The molecule has 3 rings (SSSR count). The molecule has 2 aliphatic rings. The van der Waals surface area contributed by atoms with Gasteiger partial charge in [0.05, 0.1) is 6.61 Å². The van der Waals surface area contributed by atoms with Crippen molar-refractivity contribution in [3.8, 4) is 0 Å². The SMILES string of the molecule is CCCCN1CCN(C(=O)c2ccc(C)c(NC(=O)C3CN(C)CCO3)c2)CC1. The van der Waals surface area contributed by atoms with Gasteiger partial charge in [0.25, 0.3) is 11.8 Å². The van der Waals surface area contributed by atoms with E-state index in [1.165, 1.54) is 12.8 Å². The first-order chi connectivity index (χ1) is 14.0. The van der Waals surface area contributed by atoms with Crippen LogP contribution in [-0.4, -0.2) is 92.1 Å². The van der Waals surface area contributed by atoms with Gasteiger partial charge >= 0.3 is 0 Å². The lowest BCUT2D eigenvalue weighted by molar-refractivity contribution is -0.132. The number of anilines is 1. The van der Waals surface area contributed by atoms with Crippen LogP contribution in [0.4, 0.5) is 5.69 Å². The van der Waals surface area contributed by atoms with E-state index in [9.17, 15) is 9.59 Å². The van der Waals surface area contributed by atoms with Gasteiger partial charge in [0, 0.05) is 50.5 Å². The number of likely N-dealkylation sites (N-methyl/N-ethyl adjacent to an activating group) is 1. The van der Waals surface area contributed by atoms with Crippen molar-refractivity contribution in [3.63, 3.8) is 0 Å². The number of benzene rings is 1. The monoisotopic (exact) mass is 402 g/mol. The summed E-state index contributed by atoms with van der Waals surface area (Å²) in [5.74, 6) is -0.127. The number of carbonyl (C=O) groups is 2. The number of amides is 2. The number of hydrogen-bond acceptors (Lipinski definition) is 5. The summed E-state index contributed by atoms with van der Waals surface area (Å²) in [6.45, 7) is 10.6. The van der Waals surface area contributed by atoms with Crippen molar-refractivity contribution < 1.29 is 14.3 Å². The smallest absolute Gasteiger partial charge is 0.254 e. The third kappa shape index (κ3) is 5.78. The molecule has 29 heavy (non-hydrogen) atoms. The Morgan fingerprint density at radius 3 is 2.62 bits per heavy atom. The van der Waals surface area contributed by atoms with E-state index in [-0.39, 0.29) is 11.8 Å². The van der Waals surface area contributed by atoms with Crippen LogP contribution in [0.2, 0.25) is 0 Å². The average molecular weight is 403 g/mol. The van der Waals surface area contributed by atoms with Crippen molar-refractivity contribution >= 4 is 17.5 Å². The fourth-order valence-electron chi connectivity index (χ4n) is 3.78. The summed E-state index contributed by atoms with van der Waals surface area (Å²) < 4.78 is 5.60. The highest BCUT2D eigenvalue weighted by Crippen LogP contribution is 2.20. The fraction of sp³-hybridized carbons (Fsp3) is 0.636. The summed E-state index contributed by atoms with van der Waals surface area (Å²) in [7, 11) is 1.98. The average Bonchev–Trinajstić information content (AvgIpc) is 2.73. The molecule has 1 unspecified atom stereocenters. The van der Waals surface area contributed by atoms with Gasteiger partial charge in [-0.2, -0.15) is 0 Å². The van der Waals surface area contributed by atoms with Crippen LogP contribution in [0.15, 0.2) is 18.2 Å². The normalized spacial score (nSPS) is 21.2. The molecule has 2 fully saturated rings. The lowest BCUT2D eigenvalue weighted by Gasteiger charge is -2.34. The molecule has 2 saturated heterocycles. The Hall–Kier alpha value is -1.96. The largest absolute Gasteiger partial charge is 0.366 e. The zero-order chi connectivity index (χ0) is 20.8. The molecule has 0 saturated carbocycles. The molecule has 2 amide bonds. The maximum atomic E-state index is 13.0. The van der Waals surface area contributed by atoms with Crippen molar-refractivity contribution in [2.75, 3.05) is 64.8 Å². The summed E-state index contributed by atoms with van der Waals surface area (Å²) in [6, 6.07) is 5.54. The molecule has 1 N–H and O–H groups in total. The van der Waals surface area contributed by atoms with E-state index < -0.39 is 6.10 Å². The van der Waals surface area contributed by atoms with Gasteiger partial charge < -0.3 is 19.9 Å². The van der Waals surface area contributed by atoms with Crippen molar-refractivity contribution in [2.24, 2.45) is 0 Å². The lowest BCUT2D eigenvalue weighted by Crippen LogP contribution is -2.48. The Kier molecular flexibility index (Phi) is 7.64. The first kappa shape index (κ1) is 21.7. The minimum atomic E-state index is -0.483. The third-order valence-electron chi connectivity index (χ3n) is 5.79. The van der Waals surface area contributed by atoms with E-state index in [0.29, 0.717) is 24.4 Å². The molecule has 1 aromatic rings.